The van der Waals surface area contributed by atoms with Crippen molar-refractivity contribution in [3.63, 3.8) is 0 Å². The third kappa shape index (κ3) is 2.95. The average Bonchev–Trinajstić information content (AvgIpc) is 2.71. The maximum Gasteiger partial charge on any atom is 0.418 e. The SMILES string of the molecule is O=C1Cc2c(cc3ccc(CC(F)(F)F)nc3c2C(F)(F)F)N1. The summed E-state index contributed by atoms with van der Waals surface area (Å²) in [5, 5.41) is 2.33. The molecule has 1 amide bonds. The molecule has 0 radical (unpaired) electrons. The molecule has 9 heteroatoms. The van der Waals surface area contributed by atoms with E-state index in [2.05, 4.69) is 10.3 Å². The van der Waals surface area contributed by atoms with Crippen LogP contribution in [0.5, 0.6) is 0 Å². The predicted octanol–water partition coefficient (Wildman–Crippen LogP) is 3.85. The first-order chi connectivity index (χ1) is 10.5. The third-order valence-electron chi connectivity index (χ3n) is 3.42. The number of nitrogens with one attached hydrogen (secondary N) is 1. The molecule has 1 aliphatic rings. The van der Waals surface area contributed by atoms with Crippen molar-refractivity contribution >= 4 is 22.5 Å². The standard InChI is InChI=1S/C14H8F6N2O/c15-13(16,17)5-7-2-1-6-3-9-8(4-10(23)22-9)11(12(6)21-7)14(18,19)20/h1-3H,4-5H2,(H,22,23). The van der Waals surface area contributed by atoms with Gasteiger partial charge < -0.3 is 5.32 Å². The van der Waals surface area contributed by atoms with Gasteiger partial charge in [0.25, 0.3) is 0 Å². The molecule has 0 fully saturated rings. The number of amides is 1. The van der Waals surface area contributed by atoms with Gasteiger partial charge in [0.1, 0.15) is 0 Å². The van der Waals surface area contributed by atoms with Gasteiger partial charge in [-0.15, -0.1) is 0 Å². The lowest BCUT2D eigenvalue weighted by atomic mass is 9.99. The van der Waals surface area contributed by atoms with E-state index in [1.165, 1.54) is 6.07 Å². The van der Waals surface area contributed by atoms with Crippen molar-refractivity contribution in [1.82, 2.24) is 4.98 Å². The van der Waals surface area contributed by atoms with Crippen LogP contribution in [-0.2, 0) is 23.8 Å². The van der Waals surface area contributed by atoms with Gasteiger partial charge in [0, 0.05) is 11.1 Å². The first-order valence-corrected chi connectivity index (χ1v) is 6.44. The number of nitrogens with zero attached hydrogens (tertiary/aromatic N) is 1. The molecule has 1 aromatic heterocycles. The Morgan fingerprint density at radius 1 is 1.13 bits per heavy atom. The molecular weight excluding hydrogens is 326 g/mol. The van der Waals surface area contributed by atoms with Crippen LogP contribution in [0, 0.1) is 0 Å². The number of anilines is 1. The first-order valence-electron chi connectivity index (χ1n) is 6.44. The summed E-state index contributed by atoms with van der Waals surface area (Å²) >= 11 is 0. The van der Waals surface area contributed by atoms with Gasteiger partial charge in [0.05, 0.1) is 29.6 Å². The molecule has 0 saturated carbocycles. The number of carbonyl (C=O) groups is 1. The Labute approximate surface area is 125 Å². The topological polar surface area (TPSA) is 42.0 Å². The summed E-state index contributed by atoms with van der Waals surface area (Å²) < 4.78 is 77.4. The summed E-state index contributed by atoms with van der Waals surface area (Å²) in [7, 11) is 0. The summed E-state index contributed by atoms with van der Waals surface area (Å²) in [5.74, 6) is -0.601. The fraction of sp³-hybridized carbons (Fsp3) is 0.286. The van der Waals surface area contributed by atoms with Crippen molar-refractivity contribution < 1.29 is 31.1 Å². The van der Waals surface area contributed by atoms with Gasteiger partial charge in [0.15, 0.2) is 0 Å². The zero-order chi connectivity index (χ0) is 17.0. The lowest BCUT2D eigenvalue weighted by Gasteiger charge is -2.15. The van der Waals surface area contributed by atoms with Crippen molar-refractivity contribution in [3.05, 3.63) is 35.0 Å². The number of benzene rings is 1. The summed E-state index contributed by atoms with van der Waals surface area (Å²) in [6.07, 6.45) is -11.3. The number of aromatic nitrogens is 1. The van der Waals surface area contributed by atoms with Crippen LogP contribution in [0.2, 0.25) is 0 Å². The van der Waals surface area contributed by atoms with E-state index in [0.29, 0.717) is 0 Å². The smallest absolute Gasteiger partial charge is 0.325 e. The highest BCUT2D eigenvalue weighted by molar-refractivity contribution is 6.03. The Balaban J connectivity index is 2.26. The van der Waals surface area contributed by atoms with Gasteiger partial charge in [0.2, 0.25) is 5.91 Å². The fourth-order valence-corrected chi connectivity index (χ4v) is 2.61. The molecule has 2 aromatic rings. The van der Waals surface area contributed by atoms with Gasteiger partial charge in [-0.25, -0.2) is 0 Å². The Hall–Kier alpha value is -2.32. The van der Waals surface area contributed by atoms with Crippen LogP contribution in [-0.4, -0.2) is 17.1 Å². The maximum absolute atomic E-state index is 13.4. The highest BCUT2D eigenvalue weighted by Gasteiger charge is 2.40. The second kappa shape index (κ2) is 4.84. The minimum absolute atomic E-state index is 0.0141. The third-order valence-corrected chi connectivity index (χ3v) is 3.42. The highest BCUT2D eigenvalue weighted by Crippen LogP contribution is 2.42. The number of carbonyl (C=O) groups excluding carboxylic acids is 1. The summed E-state index contributed by atoms with van der Waals surface area (Å²) in [4.78, 5) is 14.9. The summed E-state index contributed by atoms with van der Waals surface area (Å²) in [6.45, 7) is 0. The zero-order valence-corrected chi connectivity index (χ0v) is 11.3. The zero-order valence-electron chi connectivity index (χ0n) is 11.3. The number of halogens is 6. The van der Waals surface area contributed by atoms with Crippen molar-refractivity contribution in [2.24, 2.45) is 0 Å². The van der Waals surface area contributed by atoms with Crippen LogP contribution in [0.1, 0.15) is 16.8 Å². The number of rotatable bonds is 1. The number of alkyl halides is 6. The van der Waals surface area contributed by atoms with E-state index >= 15 is 0 Å². The maximum atomic E-state index is 13.4. The normalized spacial score (nSPS) is 15.0. The van der Waals surface area contributed by atoms with Crippen LogP contribution in [0.25, 0.3) is 10.9 Å². The van der Waals surface area contributed by atoms with Gasteiger partial charge in [-0.3, -0.25) is 9.78 Å². The molecule has 1 N–H and O–H groups in total. The Kier molecular flexibility index (Phi) is 3.27. The minimum Gasteiger partial charge on any atom is -0.325 e. The molecule has 1 aromatic carbocycles. The van der Waals surface area contributed by atoms with Crippen LogP contribution < -0.4 is 5.32 Å². The molecule has 0 unspecified atom stereocenters. The van der Waals surface area contributed by atoms with Crippen LogP contribution in [0.4, 0.5) is 32.0 Å². The monoisotopic (exact) mass is 334 g/mol. The van der Waals surface area contributed by atoms with Crippen LogP contribution >= 0.6 is 0 Å². The van der Waals surface area contributed by atoms with Crippen molar-refractivity contribution in [2.45, 2.75) is 25.2 Å². The Bertz CT molecular complexity index is 809. The molecule has 3 nitrogen and oxygen atoms in total. The molecule has 0 bridgehead atoms. The molecule has 0 aliphatic carbocycles. The first kappa shape index (κ1) is 15.6. The van der Waals surface area contributed by atoms with Gasteiger partial charge in [-0.2, -0.15) is 26.3 Å². The Morgan fingerprint density at radius 3 is 2.43 bits per heavy atom. The van der Waals surface area contributed by atoms with E-state index in [1.54, 1.807) is 0 Å². The fourth-order valence-electron chi connectivity index (χ4n) is 2.61. The van der Waals surface area contributed by atoms with E-state index in [-0.39, 0.29) is 16.6 Å². The van der Waals surface area contributed by atoms with Crippen molar-refractivity contribution in [1.29, 1.82) is 0 Å². The van der Waals surface area contributed by atoms with Crippen molar-refractivity contribution in [2.75, 3.05) is 5.32 Å². The van der Waals surface area contributed by atoms with Crippen LogP contribution in [0.3, 0.4) is 0 Å². The molecule has 2 heterocycles. The highest BCUT2D eigenvalue weighted by atomic mass is 19.4. The van der Waals surface area contributed by atoms with Crippen molar-refractivity contribution in [3.8, 4) is 0 Å². The number of pyridine rings is 1. The van der Waals surface area contributed by atoms with Gasteiger partial charge in [-0.1, -0.05) is 6.07 Å². The second-order valence-electron chi connectivity index (χ2n) is 5.17. The summed E-state index contributed by atoms with van der Waals surface area (Å²) in [5.41, 5.74) is -2.51. The molecule has 3 rings (SSSR count). The molecule has 23 heavy (non-hydrogen) atoms. The lowest BCUT2D eigenvalue weighted by molar-refractivity contribution is -0.136. The van der Waals surface area contributed by atoms with Crippen LogP contribution in [0.15, 0.2) is 18.2 Å². The van der Waals surface area contributed by atoms with E-state index < -0.39 is 47.9 Å². The van der Waals surface area contributed by atoms with Gasteiger partial charge >= 0.3 is 12.4 Å². The molecule has 122 valence electrons. The molecule has 0 saturated heterocycles. The van der Waals surface area contributed by atoms with E-state index in [1.807, 2.05) is 0 Å². The van der Waals surface area contributed by atoms with Gasteiger partial charge in [-0.05, 0) is 17.7 Å². The van der Waals surface area contributed by atoms with E-state index in [9.17, 15) is 31.1 Å². The molecule has 0 spiro atoms. The largest absolute Gasteiger partial charge is 0.418 e. The van der Waals surface area contributed by atoms with E-state index in [4.69, 9.17) is 0 Å². The molecular formula is C14H8F6N2O. The molecule has 0 atom stereocenters. The Morgan fingerprint density at radius 2 is 1.83 bits per heavy atom. The number of fused-ring (bicyclic) bond motifs is 2. The second-order valence-corrected chi connectivity index (χ2v) is 5.17. The minimum atomic E-state index is -4.83. The quantitative estimate of drug-likeness (QED) is 0.805. The average molecular weight is 334 g/mol. The predicted molar refractivity (Wildman–Crippen MR) is 68.8 cm³/mol. The number of hydrogen-bond donors (Lipinski definition) is 1. The lowest BCUT2D eigenvalue weighted by Crippen LogP contribution is -2.14. The van der Waals surface area contributed by atoms with E-state index in [0.717, 1.165) is 12.1 Å². The molecule has 1 aliphatic heterocycles. The summed E-state index contributed by atoms with van der Waals surface area (Å²) in [6, 6.07) is 3.46. The number of hydrogen-bond acceptors (Lipinski definition) is 2.